The monoisotopic (exact) mass is 258 g/mol. The van der Waals surface area contributed by atoms with Gasteiger partial charge in [0.1, 0.15) is 11.0 Å². The fourth-order valence-corrected chi connectivity index (χ4v) is 1.32. The van der Waals surface area contributed by atoms with E-state index in [2.05, 4.69) is 10.3 Å². The number of halogens is 1. The van der Waals surface area contributed by atoms with Gasteiger partial charge in [0.15, 0.2) is 0 Å². The number of pyridine rings is 1. The van der Waals surface area contributed by atoms with E-state index in [-0.39, 0.29) is 16.9 Å². The van der Waals surface area contributed by atoms with Gasteiger partial charge in [0.05, 0.1) is 17.1 Å². The Hall–Kier alpha value is -1.40. The number of nitro groups is 1. The highest BCUT2D eigenvalue weighted by Gasteiger charge is 2.11. The summed E-state index contributed by atoms with van der Waals surface area (Å²) in [7, 11) is 3.92. The Morgan fingerprint density at radius 1 is 1.59 bits per heavy atom. The molecule has 0 aromatic carbocycles. The lowest BCUT2D eigenvalue weighted by atomic mass is 10.3. The molecule has 0 saturated heterocycles. The third kappa shape index (κ3) is 4.16. The van der Waals surface area contributed by atoms with E-state index in [9.17, 15) is 10.1 Å². The lowest BCUT2D eigenvalue weighted by Gasteiger charge is -2.20. The maximum atomic E-state index is 10.6. The van der Waals surface area contributed by atoms with Crippen LogP contribution < -0.4 is 5.32 Å². The molecule has 0 aliphatic carbocycles. The van der Waals surface area contributed by atoms with Crippen molar-refractivity contribution in [3.05, 3.63) is 27.4 Å². The van der Waals surface area contributed by atoms with Crippen LogP contribution in [0.5, 0.6) is 0 Å². The van der Waals surface area contributed by atoms with Gasteiger partial charge < -0.3 is 10.2 Å². The van der Waals surface area contributed by atoms with Crippen molar-refractivity contribution in [3.63, 3.8) is 0 Å². The first kappa shape index (κ1) is 13.7. The van der Waals surface area contributed by atoms with Gasteiger partial charge >= 0.3 is 0 Å². The van der Waals surface area contributed by atoms with Crippen molar-refractivity contribution in [1.29, 1.82) is 0 Å². The molecule has 0 fully saturated rings. The van der Waals surface area contributed by atoms with Crippen LogP contribution in [0, 0.1) is 10.1 Å². The quantitative estimate of drug-likeness (QED) is 0.497. The Bertz CT molecular complexity index is 411. The first-order chi connectivity index (χ1) is 7.90. The summed E-state index contributed by atoms with van der Waals surface area (Å²) in [5, 5.41) is 13.8. The van der Waals surface area contributed by atoms with E-state index in [1.165, 1.54) is 12.1 Å². The van der Waals surface area contributed by atoms with Crippen molar-refractivity contribution in [2.24, 2.45) is 0 Å². The molecule has 1 aromatic heterocycles. The zero-order chi connectivity index (χ0) is 13.0. The van der Waals surface area contributed by atoms with Gasteiger partial charge in [-0.05, 0) is 21.0 Å². The third-order valence-corrected chi connectivity index (χ3v) is 2.64. The van der Waals surface area contributed by atoms with Crippen molar-refractivity contribution >= 4 is 23.1 Å². The largest absolute Gasteiger partial charge is 0.368 e. The third-order valence-electron chi connectivity index (χ3n) is 2.45. The Labute approximate surface area is 105 Å². The molecule has 0 aliphatic rings. The second-order valence-electron chi connectivity index (χ2n) is 3.98. The van der Waals surface area contributed by atoms with Crippen molar-refractivity contribution in [1.82, 2.24) is 9.88 Å². The summed E-state index contributed by atoms with van der Waals surface area (Å²) in [6.07, 6.45) is 0. The summed E-state index contributed by atoms with van der Waals surface area (Å²) in [5.74, 6) is 0.415. The van der Waals surface area contributed by atoms with Gasteiger partial charge in [-0.15, -0.1) is 0 Å². The standard InChI is InChI=1S/C10H15ClN4O2/c1-7(14(2)3)6-12-10-5-8(15(16)17)4-9(11)13-10/h4-5,7H,6H2,1-3H3,(H,12,13). The molecule has 17 heavy (non-hydrogen) atoms. The number of hydrogen-bond donors (Lipinski definition) is 1. The van der Waals surface area contributed by atoms with E-state index in [0.29, 0.717) is 12.4 Å². The Balaban J connectivity index is 2.74. The first-order valence-corrected chi connectivity index (χ1v) is 5.50. The normalized spacial score (nSPS) is 12.5. The van der Waals surface area contributed by atoms with Crippen molar-refractivity contribution in [2.45, 2.75) is 13.0 Å². The summed E-state index contributed by atoms with van der Waals surface area (Å²) in [5.41, 5.74) is -0.0648. The molecule has 1 heterocycles. The summed E-state index contributed by atoms with van der Waals surface area (Å²) in [4.78, 5) is 16.2. The van der Waals surface area contributed by atoms with Crippen LogP contribution in [-0.4, -0.2) is 41.5 Å². The maximum Gasteiger partial charge on any atom is 0.276 e. The maximum absolute atomic E-state index is 10.6. The number of rotatable bonds is 5. The second kappa shape index (κ2) is 5.79. The molecule has 94 valence electrons. The van der Waals surface area contributed by atoms with E-state index < -0.39 is 4.92 Å². The van der Waals surface area contributed by atoms with Gasteiger partial charge in [-0.2, -0.15) is 0 Å². The molecule has 0 spiro atoms. The minimum atomic E-state index is -0.492. The van der Waals surface area contributed by atoms with E-state index in [1.807, 2.05) is 25.9 Å². The number of anilines is 1. The van der Waals surface area contributed by atoms with Crippen LogP contribution in [0.4, 0.5) is 11.5 Å². The fraction of sp³-hybridized carbons (Fsp3) is 0.500. The van der Waals surface area contributed by atoms with Crippen LogP contribution in [0.3, 0.4) is 0 Å². The minimum absolute atomic E-state index is 0.0648. The van der Waals surface area contributed by atoms with Crippen LogP contribution in [0.2, 0.25) is 5.15 Å². The summed E-state index contributed by atoms with van der Waals surface area (Å²) < 4.78 is 0. The van der Waals surface area contributed by atoms with Crippen LogP contribution in [-0.2, 0) is 0 Å². The van der Waals surface area contributed by atoms with Crippen LogP contribution >= 0.6 is 11.6 Å². The average molecular weight is 259 g/mol. The zero-order valence-corrected chi connectivity index (χ0v) is 10.7. The van der Waals surface area contributed by atoms with Gasteiger partial charge in [0.25, 0.3) is 5.69 Å². The Morgan fingerprint density at radius 3 is 2.76 bits per heavy atom. The molecular weight excluding hydrogens is 244 g/mol. The molecule has 1 unspecified atom stereocenters. The molecular formula is C10H15ClN4O2. The molecule has 1 rings (SSSR count). The topological polar surface area (TPSA) is 71.3 Å². The molecule has 0 radical (unpaired) electrons. The number of nitrogens with one attached hydrogen (secondary N) is 1. The van der Waals surface area contributed by atoms with Crippen molar-refractivity contribution in [2.75, 3.05) is 26.0 Å². The Kier molecular flexibility index (Phi) is 4.65. The van der Waals surface area contributed by atoms with E-state index in [0.717, 1.165) is 0 Å². The average Bonchev–Trinajstić information content (AvgIpc) is 2.24. The second-order valence-corrected chi connectivity index (χ2v) is 4.37. The zero-order valence-electron chi connectivity index (χ0n) is 9.98. The summed E-state index contributed by atoms with van der Waals surface area (Å²) >= 11 is 5.71. The molecule has 0 aliphatic heterocycles. The molecule has 0 bridgehead atoms. The summed E-state index contributed by atoms with van der Waals surface area (Å²) in [6.45, 7) is 2.67. The molecule has 1 atom stereocenters. The smallest absolute Gasteiger partial charge is 0.276 e. The minimum Gasteiger partial charge on any atom is -0.368 e. The van der Waals surface area contributed by atoms with Gasteiger partial charge in [-0.25, -0.2) is 4.98 Å². The number of aromatic nitrogens is 1. The number of hydrogen-bond acceptors (Lipinski definition) is 5. The molecule has 6 nitrogen and oxygen atoms in total. The molecule has 0 saturated carbocycles. The van der Waals surface area contributed by atoms with Gasteiger partial charge in [-0.3, -0.25) is 10.1 Å². The fourth-order valence-electron chi connectivity index (χ4n) is 1.11. The SMILES string of the molecule is CC(CNc1cc([N+](=O)[O-])cc(Cl)n1)N(C)C. The van der Waals surface area contributed by atoms with Crippen LogP contribution in [0.1, 0.15) is 6.92 Å². The van der Waals surface area contributed by atoms with E-state index in [4.69, 9.17) is 11.6 Å². The van der Waals surface area contributed by atoms with E-state index >= 15 is 0 Å². The molecule has 1 N–H and O–H groups in total. The van der Waals surface area contributed by atoms with Gasteiger partial charge in [-0.1, -0.05) is 11.6 Å². The highest BCUT2D eigenvalue weighted by molar-refractivity contribution is 6.29. The lowest BCUT2D eigenvalue weighted by Crippen LogP contribution is -2.31. The Morgan fingerprint density at radius 2 is 2.24 bits per heavy atom. The predicted octanol–water partition coefficient (Wildman–Crippen LogP) is 2.01. The van der Waals surface area contributed by atoms with Crippen LogP contribution in [0.25, 0.3) is 0 Å². The predicted molar refractivity (Wildman–Crippen MR) is 67.5 cm³/mol. The molecule has 0 amide bonds. The number of likely N-dealkylation sites (N-methyl/N-ethyl adjacent to an activating group) is 1. The highest BCUT2D eigenvalue weighted by Crippen LogP contribution is 2.20. The van der Waals surface area contributed by atoms with E-state index in [1.54, 1.807) is 0 Å². The highest BCUT2D eigenvalue weighted by atomic mass is 35.5. The van der Waals surface area contributed by atoms with Gasteiger partial charge in [0.2, 0.25) is 0 Å². The van der Waals surface area contributed by atoms with Crippen LogP contribution in [0.15, 0.2) is 12.1 Å². The number of nitrogens with zero attached hydrogens (tertiary/aromatic N) is 3. The van der Waals surface area contributed by atoms with Crippen molar-refractivity contribution in [3.8, 4) is 0 Å². The first-order valence-electron chi connectivity index (χ1n) is 5.12. The molecule has 7 heteroatoms. The molecule has 1 aromatic rings. The lowest BCUT2D eigenvalue weighted by molar-refractivity contribution is -0.384. The van der Waals surface area contributed by atoms with Gasteiger partial charge in [0, 0.05) is 12.6 Å². The summed E-state index contributed by atoms with van der Waals surface area (Å²) in [6, 6.07) is 2.88. The van der Waals surface area contributed by atoms with Crippen molar-refractivity contribution < 1.29 is 4.92 Å².